The average Bonchev–Trinajstić information content (AvgIpc) is 2.45. The Kier molecular flexibility index (Phi) is 7.70. The van der Waals surface area contributed by atoms with Crippen molar-refractivity contribution in [1.82, 2.24) is 4.72 Å². The summed E-state index contributed by atoms with van der Waals surface area (Å²) in [7, 11) is -3.55. The van der Waals surface area contributed by atoms with E-state index in [4.69, 9.17) is 9.47 Å². The monoisotopic (exact) mass is 361 g/mol. The van der Waals surface area contributed by atoms with Crippen molar-refractivity contribution in [2.45, 2.75) is 44.3 Å². The fourth-order valence-corrected chi connectivity index (χ4v) is 3.81. The third kappa shape index (κ3) is 7.01. The quantitative estimate of drug-likeness (QED) is 0.684. The van der Waals surface area contributed by atoms with Crippen LogP contribution in [0.1, 0.15) is 34.6 Å². The molecule has 0 aliphatic carbocycles. The first-order chi connectivity index (χ1) is 10.7. The van der Waals surface area contributed by atoms with E-state index in [0.29, 0.717) is 31.3 Å². The molecule has 0 radical (unpaired) electrons. The number of hydrogen-bond donors (Lipinski definition) is 1. The summed E-state index contributed by atoms with van der Waals surface area (Å²) in [6.45, 7) is 11.4. The molecule has 1 aromatic rings. The van der Waals surface area contributed by atoms with Crippen LogP contribution in [-0.2, 0) is 10.0 Å². The molecule has 1 aromatic carbocycles. The minimum Gasteiger partial charge on any atom is -0.490 e. The summed E-state index contributed by atoms with van der Waals surface area (Å²) >= 11 is 1.72. The van der Waals surface area contributed by atoms with Crippen molar-refractivity contribution in [1.29, 1.82) is 0 Å². The van der Waals surface area contributed by atoms with Gasteiger partial charge in [-0.15, -0.1) is 0 Å². The molecule has 132 valence electrons. The number of sulfonamides is 1. The molecule has 7 heteroatoms. The van der Waals surface area contributed by atoms with E-state index >= 15 is 0 Å². The second-order valence-corrected chi connectivity index (χ2v) is 9.52. The Labute approximate surface area is 144 Å². The van der Waals surface area contributed by atoms with Gasteiger partial charge in [0.2, 0.25) is 10.0 Å². The predicted octanol–water partition coefficient (Wildman–Crippen LogP) is 3.29. The molecule has 0 aliphatic heterocycles. The molecule has 0 saturated heterocycles. The smallest absolute Gasteiger partial charge is 0.240 e. The Morgan fingerprint density at radius 2 is 1.70 bits per heavy atom. The number of benzene rings is 1. The van der Waals surface area contributed by atoms with Crippen LogP contribution in [0, 0.1) is 0 Å². The van der Waals surface area contributed by atoms with Gasteiger partial charge in [-0.05, 0) is 26.0 Å². The van der Waals surface area contributed by atoms with Gasteiger partial charge in [-0.1, -0.05) is 20.8 Å². The van der Waals surface area contributed by atoms with E-state index < -0.39 is 10.0 Å². The molecule has 0 fully saturated rings. The zero-order valence-electron chi connectivity index (χ0n) is 14.5. The lowest BCUT2D eigenvalue weighted by Gasteiger charge is -2.17. The maximum absolute atomic E-state index is 12.4. The predicted molar refractivity (Wildman–Crippen MR) is 96.2 cm³/mol. The molecular weight excluding hydrogens is 334 g/mol. The van der Waals surface area contributed by atoms with Crippen LogP contribution < -0.4 is 14.2 Å². The highest BCUT2D eigenvalue weighted by molar-refractivity contribution is 8.00. The molecule has 0 saturated carbocycles. The van der Waals surface area contributed by atoms with Crippen molar-refractivity contribution in [3.05, 3.63) is 18.2 Å². The lowest BCUT2D eigenvalue weighted by Crippen LogP contribution is -2.27. The van der Waals surface area contributed by atoms with Gasteiger partial charge in [-0.3, -0.25) is 0 Å². The highest BCUT2D eigenvalue weighted by atomic mass is 32.2. The first-order valence-electron chi connectivity index (χ1n) is 7.73. The summed E-state index contributed by atoms with van der Waals surface area (Å²) in [4.78, 5) is 0.185. The molecule has 1 rings (SSSR count). The lowest BCUT2D eigenvalue weighted by atomic mass is 10.3. The van der Waals surface area contributed by atoms with E-state index in [1.54, 1.807) is 17.8 Å². The topological polar surface area (TPSA) is 64.6 Å². The van der Waals surface area contributed by atoms with Gasteiger partial charge in [-0.2, -0.15) is 11.8 Å². The molecule has 0 aliphatic rings. The van der Waals surface area contributed by atoms with Crippen molar-refractivity contribution in [3.8, 4) is 11.5 Å². The summed E-state index contributed by atoms with van der Waals surface area (Å²) in [6, 6.07) is 4.67. The van der Waals surface area contributed by atoms with Crippen LogP contribution in [-0.4, -0.2) is 38.7 Å². The molecule has 0 atom stereocenters. The Hall–Kier alpha value is -0.920. The van der Waals surface area contributed by atoms with Gasteiger partial charge < -0.3 is 9.47 Å². The van der Waals surface area contributed by atoms with Crippen LogP contribution in [0.25, 0.3) is 0 Å². The fraction of sp³-hybridized carbons (Fsp3) is 0.625. The van der Waals surface area contributed by atoms with Crippen LogP contribution in [0.5, 0.6) is 11.5 Å². The SMILES string of the molecule is CCOc1ccc(S(=O)(=O)NCCSC(C)(C)C)cc1OCC. The molecule has 0 amide bonds. The maximum Gasteiger partial charge on any atom is 0.240 e. The van der Waals surface area contributed by atoms with Crippen LogP contribution in [0.3, 0.4) is 0 Å². The molecule has 0 bridgehead atoms. The van der Waals surface area contributed by atoms with Crippen LogP contribution in [0.15, 0.2) is 23.1 Å². The summed E-state index contributed by atoms with van der Waals surface area (Å²) in [5.41, 5.74) is 0. The van der Waals surface area contributed by atoms with Gasteiger partial charge in [0.25, 0.3) is 0 Å². The van der Waals surface area contributed by atoms with Crippen LogP contribution in [0.4, 0.5) is 0 Å². The first-order valence-corrected chi connectivity index (χ1v) is 10.2. The third-order valence-electron chi connectivity index (χ3n) is 2.75. The Balaban J connectivity index is 2.81. The van der Waals surface area contributed by atoms with Crippen molar-refractivity contribution in [3.63, 3.8) is 0 Å². The van der Waals surface area contributed by atoms with Crippen LogP contribution in [0.2, 0.25) is 0 Å². The van der Waals surface area contributed by atoms with Crippen LogP contribution >= 0.6 is 11.8 Å². The van der Waals surface area contributed by atoms with E-state index in [0.717, 1.165) is 5.75 Å². The Morgan fingerprint density at radius 1 is 1.09 bits per heavy atom. The molecule has 0 heterocycles. The largest absolute Gasteiger partial charge is 0.490 e. The summed E-state index contributed by atoms with van der Waals surface area (Å²) in [5, 5.41) is 0. The number of hydrogen-bond acceptors (Lipinski definition) is 5. The minimum atomic E-state index is -3.55. The molecule has 0 aromatic heterocycles. The Bertz CT molecular complexity index is 595. The number of thioether (sulfide) groups is 1. The van der Waals surface area contributed by atoms with E-state index in [1.165, 1.54) is 12.1 Å². The van der Waals surface area contributed by atoms with Gasteiger partial charge in [0.1, 0.15) is 0 Å². The second kappa shape index (κ2) is 8.80. The standard InChI is InChI=1S/C16H27NO4S2/c1-6-20-14-9-8-13(12-15(14)21-7-2)23(18,19)17-10-11-22-16(3,4)5/h8-9,12,17H,6-7,10-11H2,1-5H3. The van der Waals surface area contributed by atoms with E-state index in [9.17, 15) is 8.42 Å². The third-order valence-corrected chi connectivity index (χ3v) is 5.49. The van der Waals surface area contributed by atoms with Gasteiger partial charge >= 0.3 is 0 Å². The highest BCUT2D eigenvalue weighted by Gasteiger charge is 2.18. The van der Waals surface area contributed by atoms with Crippen molar-refractivity contribution < 1.29 is 17.9 Å². The summed E-state index contributed by atoms with van der Waals surface area (Å²) in [6.07, 6.45) is 0. The van der Waals surface area contributed by atoms with E-state index in [-0.39, 0.29) is 9.64 Å². The van der Waals surface area contributed by atoms with Crippen molar-refractivity contribution >= 4 is 21.8 Å². The van der Waals surface area contributed by atoms with Crippen molar-refractivity contribution in [2.75, 3.05) is 25.5 Å². The molecule has 23 heavy (non-hydrogen) atoms. The number of rotatable bonds is 9. The minimum absolute atomic E-state index is 0.118. The van der Waals surface area contributed by atoms with E-state index in [2.05, 4.69) is 25.5 Å². The lowest BCUT2D eigenvalue weighted by molar-refractivity contribution is 0.287. The number of nitrogens with one attached hydrogen (secondary N) is 1. The zero-order chi connectivity index (χ0) is 17.5. The summed E-state index contributed by atoms with van der Waals surface area (Å²) < 4.78 is 38.4. The van der Waals surface area contributed by atoms with Gasteiger partial charge in [0, 0.05) is 23.1 Å². The zero-order valence-corrected chi connectivity index (χ0v) is 16.1. The molecule has 0 unspecified atom stereocenters. The fourth-order valence-electron chi connectivity index (χ4n) is 1.82. The average molecular weight is 362 g/mol. The van der Waals surface area contributed by atoms with Gasteiger partial charge in [0.05, 0.1) is 18.1 Å². The molecule has 1 N–H and O–H groups in total. The molecular formula is C16H27NO4S2. The number of ether oxygens (including phenoxy) is 2. The maximum atomic E-state index is 12.4. The normalized spacial score (nSPS) is 12.2. The highest BCUT2D eigenvalue weighted by Crippen LogP contribution is 2.30. The first kappa shape index (κ1) is 20.1. The second-order valence-electron chi connectivity index (χ2n) is 5.83. The van der Waals surface area contributed by atoms with E-state index in [1.807, 2.05) is 13.8 Å². The Morgan fingerprint density at radius 3 is 2.26 bits per heavy atom. The molecule has 0 spiro atoms. The molecule has 5 nitrogen and oxygen atoms in total. The van der Waals surface area contributed by atoms with Crippen molar-refractivity contribution in [2.24, 2.45) is 0 Å². The summed E-state index contributed by atoms with van der Waals surface area (Å²) in [5.74, 6) is 1.72. The van der Waals surface area contributed by atoms with Gasteiger partial charge in [0.15, 0.2) is 11.5 Å². The van der Waals surface area contributed by atoms with Gasteiger partial charge in [-0.25, -0.2) is 13.1 Å².